The highest BCUT2D eigenvalue weighted by molar-refractivity contribution is 5.96. The van der Waals surface area contributed by atoms with E-state index in [1.54, 1.807) is 20.0 Å². The monoisotopic (exact) mass is 343 g/mol. The number of carbonyl (C=O) groups is 1. The van der Waals surface area contributed by atoms with Crippen LogP contribution in [0, 0.1) is 13.8 Å². The van der Waals surface area contributed by atoms with E-state index in [1.807, 2.05) is 23.1 Å². The number of amides is 1. The highest BCUT2D eigenvalue weighted by Crippen LogP contribution is 2.34. The molecule has 25 heavy (non-hydrogen) atoms. The second kappa shape index (κ2) is 6.48. The van der Waals surface area contributed by atoms with E-state index in [-0.39, 0.29) is 24.2 Å². The number of carbonyl (C=O) groups excluding carboxylic acids is 1. The van der Waals surface area contributed by atoms with Gasteiger partial charge in [-0.3, -0.25) is 4.79 Å². The lowest BCUT2D eigenvalue weighted by Gasteiger charge is -2.38. The Morgan fingerprint density at radius 1 is 1.32 bits per heavy atom. The number of pyridine rings is 1. The standard InChI is InChI=1S/C18H21N3O4/c1-11-16(12(2)25-20-11)18(22)21-9-10-23-17-13(21)6-7-14(17)24-15-5-3-4-8-19-15/h3-5,8,13-14,17H,6-7,9-10H2,1-2H3/t13-,14+,17+/m1/s1. The van der Waals surface area contributed by atoms with Gasteiger partial charge in [0.2, 0.25) is 5.88 Å². The molecule has 1 aliphatic carbocycles. The Labute approximate surface area is 145 Å². The second-order valence-corrected chi connectivity index (χ2v) is 6.50. The summed E-state index contributed by atoms with van der Waals surface area (Å²) in [5.74, 6) is 1.11. The Morgan fingerprint density at radius 3 is 2.92 bits per heavy atom. The van der Waals surface area contributed by atoms with Crippen molar-refractivity contribution in [1.82, 2.24) is 15.0 Å². The maximum Gasteiger partial charge on any atom is 0.259 e. The van der Waals surface area contributed by atoms with E-state index in [9.17, 15) is 4.79 Å². The smallest absolute Gasteiger partial charge is 0.259 e. The number of aromatic nitrogens is 2. The van der Waals surface area contributed by atoms with Gasteiger partial charge in [0.1, 0.15) is 23.5 Å². The predicted octanol–water partition coefficient (Wildman–Crippen LogP) is 2.14. The highest BCUT2D eigenvalue weighted by atomic mass is 16.5. The summed E-state index contributed by atoms with van der Waals surface area (Å²) < 4.78 is 17.1. The molecule has 0 radical (unpaired) electrons. The van der Waals surface area contributed by atoms with E-state index in [4.69, 9.17) is 14.0 Å². The first kappa shape index (κ1) is 16.1. The van der Waals surface area contributed by atoms with Crippen LogP contribution in [-0.2, 0) is 4.74 Å². The molecule has 2 fully saturated rings. The van der Waals surface area contributed by atoms with Gasteiger partial charge in [-0.2, -0.15) is 0 Å². The molecule has 1 amide bonds. The molecule has 3 atom stereocenters. The Bertz CT molecular complexity index is 741. The zero-order valence-corrected chi connectivity index (χ0v) is 14.3. The number of morpholine rings is 1. The molecule has 0 spiro atoms. The van der Waals surface area contributed by atoms with Crippen molar-refractivity contribution in [1.29, 1.82) is 0 Å². The fourth-order valence-corrected chi connectivity index (χ4v) is 3.80. The molecule has 1 saturated heterocycles. The molecule has 3 heterocycles. The third-order valence-electron chi connectivity index (χ3n) is 4.95. The van der Waals surface area contributed by atoms with Gasteiger partial charge in [0, 0.05) is 18.8 Å². The van der Waals surface area contributed by atoms with Crippen LogP contribution in [0.15, 0.2) is 28.9 Å². The molecule has 2 aliphatic rings. The van der Waals surface area contributed by atoms with Gasteiger partial charge in [-0.25, -0.2) is 4.98 Å². The van der Waals surface area contributed by atoms with Crippen LogP contribution in [0.5, 0.6) is 5.88 Å². The molecule has 2 aromatic heterocycles. The molecule has 4 rings (SSSR count). The van der Waals surface area contributed by atoms with Gasteiger partial charge < -0.3 is 18.9 Å². The summed E-state index contributed by atoms with van der Waals surface area (Å²) in [7, 11) is 0. The van der Waals surface area contributed by atoms with Gasteiger partial charge in [0.25, 0.3) is 5.91 Å². The Balaban J connectivity index is 1.52. The van der Waals surface area contributed by atoms with E-state index in [1.165, 1.54) is 0 Å². The van der Waals surface area contributed by atoms with E-state index >= 15 is 0 Å². The van der Waals surface area contributed by atoms with Gasteiger partial charge in [0.15, 0.2) is 0 Å². The molecule has 1 aliphatic heterocycles. The lowest BCUT2D eigenvalue weighted by molar-refractivity contribution is -0.0793. The number of rotatable bonds is 3. The Kier molecular flexibility index (Phi) is 4.17. The van der Waals surface area contributed by atoms with Crippen molar-refractivity contribution in [3.63, 3.8) is 0 Å². The van der Waals surface area contributed by atoms with Crippen LogP contribution in [0.3, 0.4) is 0 Å². The molecule has 2 aromatic rings. The van der Waals surface area contributed by atoms with Gasteiger partial charge in [0.05, 0.1) is 18.3 Å². The van der Waals surface area contributed by atoms with Gasteiger partial charge >= 0.3 is 0 Å². The number of fused-ring (bicyclic) bond motifs is 1. The minimum absolute atomic E-state index is 0.00339. The molecule has 0 bridgehead atoms. The molecule has 0 aromatic carbocycles. The van der Waals surface area contributed by atoms with Crippen LogP contribution in [0.4, 0.5) is 0 Å². The summed E-state index contributed by atoms with van der Waals surface area (Å²) in [6.45, 7) is 4.63. The average molecular weight is 343 g/mol. The maximum atomic E-state index is 13.0. The summed E-state index contributed by atoms with van der Waals surface area (Å²) in [5, 5.41) is 3.90. The molecule has 7 nitrogen and oxygen atoms in total. The summed E-state index contributed by atoms with van der Waals surface area (Å²) in [6.07, 6.45) is 3.14. The third kappa shape index (κ3) is 2.89. The van der Waals surface area contributed by atoms with Crippen molar-refractivity contribution in [2.24, 2.45) is 0 Å². The van der Waals surface area contributed by atoms with Crippen molar-refractivity contribution in [3.8, 4) is 5.88 Å². The third-order valence-corrected chi connectivity index (χ3v) is 4.95. The summed E-state index contributed by atoms with van der Waals surface area (Å²) in [4.78, 5) is 19.1. The zero-order valence-electron chi connectivity index (χ0n) is 14.3. The molecule has 1 saturated carbocycles. The summed E-state index contributed by atoms with van der Waals surface area (Å²) in [6, 6.07) is 5.58. The number of nitrogens with zero attached hydrogens (tertiary/aromatic N) is 3. The van der Waals surface area contributed by atoms with E-state index in [0.29, 0.717) is 36.0 Å². The quantitative estimate of drug-likeness (QED) is 0.850. The average Bonchev–Trinajstić information content (AvgIpc) is 3.18. The number of aryl methyl sites for hydroxylation is 2. The minimum atomic E-state index is -0.139. The second-order valence-electron chi connectivity index (χ2n) is 6.50. The summed E-state index contributed by atoms with van der Waals surface area (Å²) >= 11 is 0. The zero-order chi connectivity index (χ0) is 17.4. The first-order valence-electron chi connectivity index (χ1n) is 8.58. The van der Waals surface area contributed by atoms with Crippen molar-refractivity contribution in [2.75, 3.05) is 13.2 Å². The fraction of sp³-hybridized carbons (Fsp3) is 0.500. The van der Waals surface area contributed by atoms with Gasteiger partial charge in [-0.05, 0) is 32.8 Å². The van der Waals surface area contributed by atoms with Crippen molar-refractivity contribution >= 4 is 5.91 Å². The highest BCUT2D eigenvalue weighted by Gasteiger charge is 2.46. The van der Waals surface area contributed by atoms with Crippen molar-refractivity contribution in [2.45, 2.75) is 44.9 Å². The summed E-state index contributed by atoms with van der Waals surface area (Å²) in [5.41, 5.74) is 1.19. The molecule has 0 N–H and O–H groups in total. The van der Waals surface area contributed by atoms with Crippen LogP contribution >= 0.6 is 0 Å². The predicted molar refractivity (Wildman–Crippen MR) is 88.4 cm³/mol. The van der Waals surface area contributed by atoms with Gasteiger partial charge in [-0.1, -0.05) is 11.2 Å². The van der Waals surface area contributed by atoms with Gasteiger partial charge in [-0.15, -0.1) is 0 Å². The van der Waals surface area contributed by atoms with Crippen molar-refractivity contribution < 1.29 is 18.8 Å². The molecule has 7 heteroatoms. The van der Waals surface area contributed by atoms with Crippen LogP contribution in [0.1, 0.15) is 34.7 Å². The SMILES string of the molecule is Cc1noc(C)c1C(=O)N1CCO[C@@H]2[C@@H](Oc3ccccn3)CC[C@H]21. The van der Waals surface area contributed by atoms with Crippen LogP contribution < -0.4 is 4.74 Å². The number of hydrogen-bond acceptors (Lipinski definition) is 6. The molecule has 132 valence electrons. The van der Waals surface area contributed by atoms with Crippen LogP contribution in [-0.4, -0.2) is 52.3 Å². The first-order valence-corrected chi connectivity index (χ1v) is 8.58. The molecular weight excluding hydrogens is 322 g/mol. The Hall–Kier alpha value is -2.41. The molecular formula is C18H21N3O4. The normalized spacial score (nSPS) is 25.7. The first-order chi connectivity index (χ1) is 12.1. The Morgan fingerprint density at radius 2 is 2.20 bits per heavy atom. The molecule has 0 unspecified atom stereocenters. The minimum Gasteiger partial charge on any atom is -0.471 e. The topological polar surface area (TPSA) is 77.7 Å². The van der Waals surface area contributed by atoms with E-state index < -0.39 is 0 Å². The van der Waals surface area contributed by atoms with Crippen LogP contribution in [0.2, 0.25) is 0 Å². The number of ether oxygens (including phenoxy) is 2. The lowest BCUT2D eigenvalue weighted by atomic mass is 10.1. The van der Waals surface area contributed by atoms with E-state index in [0.717, 1.165) is 12.8 Å². The van der Waals surface area contributed by atoms with Crippen LogP contribution in [0.25, 0.3) is 0 Å². The maximum absolute atomic E-state index is 13.0. The number of hydrogen-bond donors (Lipinski definition) is 0. The lowest BCUT2D eigenvalue weighted by Crippen LogP contribution is -2.54. The largest absolute Gasteiger partial charge is 0.471 e. The van der Waals surface area contributed by atoms with E-state index in [2.05, 4.69) is 10.1 Å². The fourth-order valence-electron chi connectivity index (χ4n) is 3.80. The van der Waals surface area contributed by atoms with Crippen molar-refractivity contribution in [3.05, 3.63) is 41.4 Å².